The Kier molecular flexibility index (Phi) is 7.26. The minimum absolute atomic E-state index is 0.0284. The van der Waals surface area contributed by atoms with Crippen molar-refractivity contribution in [3.8, 4) is 0 Å². The first-order valence-corrected chi connectivity index (χ1v) is 11.8. The van der Waals surface area contributed by atoms with Gasteiger partial charge in [0.25, 0.3) is 10.0 Å². The first kappa shape index (κ1) is 23.1. The summed E-state index contributed by atoms with van der Waals surface area (Å²) in [5.74, 6) is -0.352. The molecule has 0 heterocycles. The van der Waals surface area contributed by atoms with Gasteiger partial charge in [0.05, 0.1) is 10.6 Å². The van der Waals surface area contributed by atoms with Crippen LogP contribution < -0.4 is 9.62 Å². The SMILES string of the molecule is Cc1ccc(N(CCC(=O)Nc2cc(Cl)cc(Cl)c2)S(=O)(=O)c2ccc(C)cc2)cc1. The van der Waals surface area contributed by atoms with Gasteiger partial charge >= 0.3 is 0 Å². The zero-order valence-corrected chi connectivity index (χ0v) is 19.4. The van der Waals surface area contributed by atoms with Gasteiger partial charge in [0, 0.05) is 28.7 Å². The van der Waals surface area contributed by atoms with Gasteiger partial charge in [-0.15, -0.1) is 0 Å². The summed E-state index contributed by atoms with van der Waals surface area (Å²) < 4.78 is 27.9. The van der Waals surface area contributed by atoms with Crippen molar-refractivity contribution in [3.05, 3.63) is 87.9 Å². The molecule has 31 heavy (non-hydrogen) atoms. The third-order valence-electron chi connectivity index (χ3n) is 4.62. The number of amides is 1. The van der Waals surface area contributed by atoms with Crippen LogP contribution in [0.5, 0.6) is 0 Å². The van der Waals surface area contributed by atoms with Crippen LogP contribution in [-0.2, 0) is 14.8 Å². The van der Waals surface area contributed by atoms with E-state index in [1.807, 2.05) is 26.0 Å². The van der Waals surface area contributed by atoms with Gasteiger partial charge in [-0.2, -0.15) is 0 Å². The molecule has 0 aromatic heterocycles. The van der Waals surface area contributed by atoms with Gasteiger partial charge < -0.3 is 5.32 Å². The number of hydrogen-bond acceptors (Lipinski definition) is 3. The van der Waals surface area contributed by atoms with Crippen molar-refractivity contribution >= 4 is 50.5 Å². The molecular weight excluding hydrogens is 455 g/mol. The Labute approximate surface area is 192 Å². The van der Waals surface area contributed by atoms with E-state index in [-0.39, 0.29) is 23.8 Å². The third kappa shape index (κ3) is 6.00. The van der Waals surface area contributed by atoms with Crippen molar-refractivity contribution in [1.82, 2.24) is 0 Å². The Hall–Kier alpha value is -2.54. The predicted molar refractivity (Wildman–Crippen MR) is 127 cm³/mol. The number of carbonyl (C=O) groups is 1. The van der Waals surface area contributed by atoms with Gasteiger partial charge in [0.1, 0.15) is 0 Å². The number of aryl methyl sites for hydroxylation is 2. The Morgan fingerprint density at radius 2 is 1.39 bits per heavy atom. The number of nitrogens with zero attached hydrogens (tertiary/aromatic N) is 1. The standard InChI is InChI=1S/C23H22Cl2N2O3S/c1-16-3-7-21(8-4-16)27(31(29,30)22-9-5-17(2)6-10-22)12-11-23(28)26-20-14-18(24)13-19(25)15-20/h3-10,13-15H,11-12H2,1-2H3,(H,26,28). The quantitative estimate of drug-likeness (QED) is 0.465. The summed E-state index contributed by atoms with van der Waals surface area (Å²) in [7, 11) is -3.85. The molecule has 162 valence electrons. The van der Waals surface area contributed by atoms with Crippen molar-refractivity contribution in [3.63, 3.8) is 0 Å². The van der Waals surface area contributed by atoms with Gasteiger partial charge in [-0.1, -0.05) is 58.6 Å². The monoisotopic (exact) mass is 476 g/mol. The van der Waals surface area contributed by atoms with Crippen LogP contribution in [0.3, 0.4) is 0 Å². The molecule has 0 saturated carbocycles. The molecule has 0 spiro atoms. The lowest BCUT2D eigenvalue weighted by molar-refractivity contribution is -0.116. The highest BCUT2D eigenvalue weighted by molar-refractivity contribution is 7.92. The van der Waals surface area contributed by atoms with Crippen LogP contribution in [0.4, 0.5) is 11.4 Å². The van der Waals surface area contributed by atoms with Crippen LogP contribution in [0.2, 0.25) is 10.0 Å². The number of halogens is 2. The van der Waals surface area contributed by atoms with Crippen molar-refractivity contribution in [1.29, 1.82) is 0 Å². The molecule has 0 bridgehead atoms. The fourth-order valence-corrected chi connectivity index (χ4v) is 4.98. The van der Waals surface area contributed by atoms with Crippen LogP contribution in [0, 0.1) is 13.8 Å². The maximum absolute atomic E-state index is 13.3. The minimum atomic E-state index is -3.85. The highest BCUT2D eigenvalue weighted by Gasteiger charge is 2.25. The molecule has 0 aliphatic heterocycles. The highest BCUT2D eigenvalue weighted by Crippen LogP contribution is 2.26. The van der Waals surface area contributed by atoms with E-state index in [9.17, 15) is 13.2 Å². The fraction of sp³-hybridized carbons (Fsp3) is 0.174. The van der Waals surface area contributed by atoms with E-state index in [4.69, 9.17) is 23.2 Å². The zero-order chi connectivity index (χ0) is 22.6. The molecule has 1 amide bonds. The smallest absolute Gasteiger partial charge is 0.264 e. The number of anilines is 2. The van der Waals surface area contributed by atoms with E-state index in [1.165, 1.54) is 4.31 Å². The first-order chi connectivity index (χ1) is 14.6. The summed E-state index contributed by atoms with van der Waals surface area (Å²) in [5, 5.41) is 3.50. The predicted octanol–water partition coefficient (Wildman–Crippen LogP) is 5.83. The zero-order valence-electron chi connectivity index (χ0n) is 17.1. The molecule has 0 saturated heterocycles. The molecular formula is C23H22Cl2N2O3S. The molecule has 0 aliphatic rings. The van der Waals surface area contributed by atoms with Crippen molar-refractivity contribution in [2.75, 3.05) is 16.2 Å². The number of benzene rings is 3. The second kappa shape index (κ2) is 9.73. The number of carbonyl (C=O) groups excluding carboxylic acids is 1. The van der Waals surface area contributed by atoms with E-state index in [0.29, 0.717) is 21.4 Å². The van der Waals surface area contributed by atoms with E-state index in [2.05, 4.69) is 5.32 Å². The molecule has 0 radical (unpaired) electrons. The second-order valence-electron chi connectivity index (χ2n) is 7.18. The summed E-state index contributed by atoms with van der Waals surface area (Å²) in [6, 6.07) is 18.5. The lowest BCUT2D eigenvalue weighted by Gasteiger charge is -2.24. The third-order valence-corrected chi connectivity index (χ3v) is 6.90. The fourth-order valence-electron chi connectivity index (χ4n) is 2.99. The average molecular weight is 477 g/mol. The molecule has 3 rings (SSSR count). The summed E-state index contributed by atoms with van der Waals surface area (Å²) >= 11 is 11.9. The van der Waals surface area contributed by atoms with E-state index in [0.717, 1.165) is 11.1 Å². The Morgan fingerprint density at radius 3 is 1.94 bits per heavy atom. The highest BCUT2D eigenvalue weighted by atomic mass is 35.5. The first-order valence-electron chi connectivity index (χ1n) is 9.57. The molecule has 3 aromatic rings. The molecule has 0 atom stereocenters. The maximum Gasteiger partial charge on any atom is 0.264 e. The topological polar surface area (TPSA) is 66.5 Å². The molecule has 0 fully saturated rings. The molecule has 3 aromatic carbocycles. The van der Waals surface area contributed by atoms with Gasteiger partial charge in [0.2, 0.25) is 5.91 Å². The second-order valence-corrected chi connectivity index (χ2v) is 9.92. The van der Waals surface area contributed by atoms with Crippen LogP contribution in [0.25, 0.3) is 0 Å². The lowest BCUT2D eigenvalue weighted by Crippen LogP contribution is -2.34. The van der Waals surface area contributed by atoms with Gasteiger partial charge in [0.15, 0.2) is 0 Å². The maximum atomic E-state index is 13.3. The molecule has 8 heteroatoms. The summed E-state index contributed by atoms with van der Waals surface area (Å²) in [6.45, 7) is 3.78. The number of nitrogens with one attached hydrogen (secondary N) is 1. The summed E-state index contributed by atoms with van der Waals surface area (Å²) in [6.07, 6.45) is -0.0525. The minimum Gasteiger partial charge on any atom is -0.326 e. The van der Waals surface area contributed by atoms with Crippen LogP contribution in [-0.4, -0.2) is 20.9 Å². The Morgan fingerprint density at radius 1 is 0.871 bits per heavy atom. The summed E-state index contributed by atoms with van der Waals surface area (Å²) in [4.78, 5) is 12.7. The van der Waals surface area contributed by atoms with Crippen molar-refractivity contribution < 1.29 is 13.2 Å². The molecule has 0 aliphatic carbocycles. The number of rotatable bonds is 7. The van der Waals surface area contributed by atoms with Crippen molar-refractivity contribution in [2.24, 2.45) is 0 Å². The van der Waals surface area contributed by atoms with Gasteiger partial charge in [-0.3, -0.25) is 9.10 Å². The summed E-state index contributed by atoms with van der Waals surface area (Å²) in [5.41, 5.74) is 2.91. The number of hydrogen-bond donors (Lipinski definition) is 1. The average Bonchev–Trinajstić information content (AvgIpc) is 2.69. The number of sulfonamides is 1. The van der Waals surface area contributed by atoms with Crippen LogP contribution in [0.1, 0.15) is 17.5 Å². The Balaban J connectivity index is 1.84. The van der Waals surface area contributed by atoms with Gasteiger partial charge in [-0.05, 0) is 56.3 Å². The van der Waals surface area contributed by atoms with E-state index >= 15 is 0 Å². The molecule has 5 nitrogen and oxygen atoms in total. The van der Waals surface area contributed by atoms with E-state index in [1.54, 1.807) is 54.6 Å². The van der Waals surface area contributed by atoms with Crippen molar-refractivity contribution in [2.45, 2.75) is 25.2 Å². The lowest BCUT2D eigenvalue weighted by atomic mass is 10.2. The van der Waals surface area contributed by atoms with Crippen LogP contribution >= 0.6 is 23.2 Å². The normalized spacial score (nSPS) is 11.2. The molecule has 0 unspecified atom stereocenters. The van der Waals surface area contributed by atoms with Gasteiger partial charge in [-0.25, -0.2) is 8.42 Å². The van der Waals surface area contributed by atoms with E-state index < -0.39 is 10.0 Å². The van der Waals surface area contributed by atoms with Crippen LogP contribution in [0.15, 0.2) is 71.6 Å². The largest absolute Gasteiger partial charge is 0.326 e. The Bertz CT molecular complexity index is 1160. The molecule has 1 N–H and O–H groups in total.